The van der Waals surface area contributed by atoms with E-state index in [4.69, 9.17) is 0 Å². The summed E-state index contributed by atoms with van der Waals surface area (Å²) < 4.78 is 0. The lowest BCUT2D eigenvalue weighted by Crippen LogP contribution is -2.34. The lowest BCUT2D eigenvalue weighted by Gasteiger charge is -2.27. The van der Waals surface area contributed by atoms with Crippen molar-refractivity contribution in [2.45, 2.75) is 32.2 Å². The molecule has 1 aliphatic heterocycles. The summed E-state index contributed by atoms with van der Waals surface area (Å²) in [6.07, 6.45) is 3.59. The maximum absolute atomic E-state index is 9.29. The average molecular weight is 276 g/mol. The Morgan fingerprint density at radius 2 is 2.05 bits per heavy atom. The lowest BCUT2D eigenvalue weighted by atomic mass is 10.0. The summed E-state index contributed by atoms with van der Waals surface area (Å²) in [6, 6.07) is 8.20. The van der Waals surface area contributed by atoms with Gasteiger partial charge in [-0.15, -0.1) is 0 Å². The second-order valence-corrected chi connectivity index (χ2v) is 6.41. The zero-order valence-corrected chi connectivity index (χ0v) is 13.0. The van der Waals surface area contributed by atoms with Gasteiger partial charge in [0.15, 0.2) is 0 Å². The molecule has 20 heavy (non-hydrogen) atoms. The maximum atomic E-state index is 9.29. The minimum Gasteiger partial charge on any atom is -0.508 e. The van der Waals surface area contributed by atoms with Crippen molar-refractivity contribution in [3.63, 3.8) is 0 Å². The molecular formula is C17H28N2O. The summed E-state index contributed by atoms with van der Waals surface area (Å²) in [5.74, 6) is 1.19. The summed E-state index contributed by atoms with van der Waals surface area (Å²) in [4.78, 5) is 4.93. The van der Waals surface area contributed by atoms with Crippen molar-refractivity contribution in [1.29, 1.82) is 0 Å². The molecule has 2 atom stereocenters. The summed E-state index contributed by atoms with van der Waals surface area (Å²) >= 11 is 0. The van der Waals surface area contributed by atoms with Crippen LogP contribution in [0.2, 0.25) is 0 Å². The van der Waals surface area contributed by atoms with E-state index in [1.165, 1.54) is 38.0 Å². The number of rotatable bonds is 6. The molecular weight excluding hydrogens is 248 g/mol. The van der Waals surface area contributed by atoms with Crippen LogP contribution in [0.5, 0.6) is 5.75 Å². The monoisotopic (exact) mass is 276 g/mol. The van der Waals surface area contributed by atoms with Crippen molar-refractivity contribution in [2.75, 3.05) is 33.7 Å². The first-order valence-corrected chi connectivity index (χ1v) is 7.71. The van der Waals surface area contributed by atoms with Crippen molar-refractivity contribution in [1.82, 2.24) is 9.80 Å². The van der Waals surface area contributed by atoms with Gasteiger partial charge in [-0.25, -0.2) is 0 Å². The molecule has 1 aromatic carbocycles. The van der Waals surface area contributed by atoms with Crippen LogP contribution in [0.4, 0.5) is 0 Å². The third-order valence-corrected chi connectivity index (χ3v) is 4.57. The van der Waals surface area contributed by atoms with E-state index < -0.39 is 0 Å². The van der Waals surface area contributed by atoms with Gasteiger partial charge >= 0.3 is 0 Å². The van der Waals surface area contributed by atoms with Gasteiger partial charge < -0.3 is 14.9 Å². The number of aromatic hydroxyl groups is 1. The quantitative estimate of drug-likeness (QED) is 0.865. The molecule has 3 nitrogen and oxygen atoms in total. The second kappa shape index (κ2) is 7.09. The molecule has 1 saturated heterocycles. The fourth-order valence-electron chi connectivity index (χ4n) is 3.02. The van der Waals surface area contributed by atoms with E-state index in [0.717, 1.165) is 12.3 Å². The Hall–Kier alpha value is -1.06. The van der Waals surface area contributed by atoms with Gasteiger partial charge in [-0.05, 0) is 70.4 Å². The average Bonchev–Trinajstić information content (AvgIpc) is 2.83. The highest BCUT2D eigenvalue weighted by atomic mass is 16.3. The predicted octanol–water partition coefficient (Wildman–Crippen LogP) is 2.60. The van der Waals surface area contributed by atoms with Crippen LogP contribution >= 0.6 is 0 Å². The molecule has 3 heteroatoms. The highest BCUT2D eigenvalue weighted by molar-refractivity contribution is 5.25. The molecule has 0 saturated carbocycles. The van der Waals surface area contributed by atoms with Crippen molar-refractivity contribution in [3.05, 3.63) is 29.8 Å². The molecule has 1 heterocycles. The van der Waals surface area contributed by atoms with Crippen molar-refractivity contribution >= 4 is 0 Å². The smallest absolute Gasteiger partial charge is 0.115 e. The topological polar surface area (TPSA) is 26.7 Å². The normalized spacial score (nSPS) is 21.5. The van der Waals surface area contributed by atoms with E-state index in [-0.39, 0.29) is 0 Å². The Morgan fingerprint density at radius 1 is 1.35 bits per heavy atom. The Balaban J connectivity index is 1.73. The van der Waals surface area contributed by atoms with Gasteiger partial charge in [0.2, 0.25) is 0 Å². The Bertz CT molecular complexity index is 404. The number of nitrogens with zero attached hydrogens (tertiary/aromatic N) is 2. The molecule has 2 unspecified atom stereocenters. The third-order valence-electron chi connectivity index (χ3n) is 4.57. The molecule has 0 amide bonds. The standard InChI is InChI=1S/C17H28N2O/c1-14(4-5-15-6-8-17(20)9-7-15)19(3)13-16-10-11-18(2)12-16/h6-9,14,16,20H,4-5,10-13H2,1-3H3. The summed E-state index contributed by atoms with van der Waals surface area (Å²) in [5, 5.41) is 9.29. The highest BCUT2D eigenvalue weighted by Gasteiger charge is 2.22. The maximum Gasteiger partial charge on any atom is 0.115 e. The van der Waals surface area contributed by atoms with Crippen molar-refractivity contribution < 1.29 is 5.11 Å². The Kier molecular flexibility index (Phi) is 5.44. The zero-order valence-electron chi connectivity index (χ0n) is 13.0. The SMILES string of the molecule is CC(CCc1ccc(O)cc1)N(C)CC1CCN(C)C1. The van der Waals surface area contributed by atoms with Crippen LogP contribution in [0, 0.1) is 5.92 Å². The van der Waals surface area contributed by atoms with Crippen LogP contribution in [0.1, 0.15) is 25.3 Å². The zero-order chi connectivity index (χ0) is 14.5. The van der Waals surface area contributed by atoms with Gasteiger partial charge in [0.1, 0.15) is 5.75 Å². The number of benzene rings is 1. The minimum absolute atomic E-state index is 0.351. The fraction of sp³-hybridized carbons (Fsp3) is 0.647. The van der Waals surface area contributed by atoms with Gasteiger partial charge in [0.25, 0.3) is 0 Å². The van der Waals surface area contributed by atoms with E-state index in [9.17, 15) is 5.11 Å². The Morgan fingerprint density at radius 3 is 2.65 bits per heavy atom. The number of hydrogen-bond donors (Lipinski definition) is 1. The van der Waals surface area contributed by atoms with Crippen LogP contribution in [0.15, 0.2) is 24.3 Å². The Labute approximate surface area is 123 Å². The van der Waals surface area contributed by atoms with Gasteiger partial charge in [0.05, 0.1) is 0 Å². The molecule has 0 radical (unpaired) electrons. The molecule has 0 aliphatic carbocycles. The van der Waals surface area contributed by atoms with E-state index >= 15 is 0 Å². The molecule has 1 N–H and O–H groups in total. The molecule has 0 aromatic heterocycles. The first-order valence-electron chi connectivity index (χ1n) is 7.71. The summed E-state index contributed by atoms with van der Waals surface area (Å²) in [7, 11) is 4.47. The number of hydrogen-bond acceptors (Lipinski definition) is 3. The first-order chi connectivity index (χ1) is 9.54. The minimum atomic E-state index is 0.351. The second-order valence-electron chi connectivity index (χ2n) is 6.41. The first kappa shape index (κ1) is 15.3. The lowest BCUT2D eigenvalue weighted by molar-refractivity contribution is 0.209. The van der Waals surface area contributed by atoms with Crippen LogP contribution in [-0.4, -0.2) is 54.7 Å². The van der Waals surface area contributed by atoms with Gasteiger partial charge in [-0.2, -0.15) is 0 Å². The van der Waals surface area contributed by atoms with E-state index in [2.05, 4.69) is 30.8 Å². The predicted molar refractivity (Wildman–Crippen MR) is 84.1 cm³/mol. The van der Waals surface area contributed by atoms with Gasteiger partial charge in [0, 0.05) is 19.1 Å². The molecule has 112 valence electrons. The van der Waals surface area contributed by atoms with Crippen LogP contribution in [0.3, 0.4) is 0 Å². The fourth-order valence-corrected chi connectivity index (χ4v) is 3.02. The van der Waals surface area contributed by atoms with Crippen molar-refractivity contribution in [2.24, 2.45) is 5.92 Å². The van der Waals surface area contributed by atoms with Gasteiger partial charge in [-0.3, -0.25) is 0 Å². The van der Waals surface area contributed by atoms with E-state index in [1.807, 2.05) is 12.1 Å². The molecule has 1 aliphatic rings. The molecule has 2 rings (SSSR count). The molecule has 1 fully saturated rings. The third kappa shape index (κ3) is 4.50. The summed E-state index contributed by atoms with van der Waals surface area (Å²) in [6.45, 7) is 6.02. The number of aryl methyl sites for hydroxylation is 1. The molecule has 0 spiro atoms. The van der Waals surface area contributed by atoms with E-state index in [1.54, 1.807) is 12.1 Å². The molecule has 0 bridgehead atoms. The van der Waals surface area contributed by atoms with Crippen LogP contribution < -0.4 is 0 Å². The van der Waals surface area contributed by atoms with Crippen LogP contribution in [-0.2, 0) is 6.42 Å². The largest absolute Gasteiger partial charge is 0.508 e. The van der Waals surface area contributed by atoms with E-state index in [0.29, 0.717) is 11.8 Å². The number of phenols is 1. The highest BCUT2D eigenvalue weighted by Crippen LogP contribution is 2.18. The van der Waals surface area contributed by atoms with Gasteiger partial charge in [-0.1, -0.05) is 12.1 Å². The molecule has 1 aromatic rings. The summed E-state index contributed by atoms with van der Waals surface area (Å²) in [5.41, 5.74) is 1.31. The number of phenolic OH excluding ortho intramolecular Hbond substituents is 1. The number of likely N-dealkylation sites (tertiary alicyclic amines) is 1. The van der Waals surface area contributed by atoms with Crippen LogP contribution in [0.25, 0.3) is 0 Å². The van der Waals surface area contributed by atoms with Crippen molar-refractivity contribution in [3.8, 4) is 5.75 Å².